The summed E-state index contributed by atoms with van der Waals surface area (Å²) in [5.74, 6) is -0.0291. The average Bonchev–Trinajstić information content (AvgIpc) is 2.51. The quantitative estimate of drug-likeness (QED) is 0.414. The largest absolute Gasteiger partial charge is 0.416 e. The Morgan fingerprint density at radius 1 is 0.808 bits per heavy atom. The molecule has 0 bridgehead atoms. The predicted octanol–water partition coefficient (Wildman–Crippen LogP) is 7.38. The number of aromatic nitrogens is 2. The molecule has 1 aromatic heterocycles. The van der Waals surface area contributed by atoms with Crippen molar-refractivity contribution in [3.8, 4) is 11.4 Å². The van der Waals surface area contributed by atoms with Crippen LogP contribution in [0, 0.1) is 0 Å². The average molecular weight is 487 g/mol. The van der Waals surface area contributed by atoms with Gasteiger partial charge in [-0.25, -0.2) is 9.97 Å². The van der Waals surface area contributed by atoms with Crippen LogP contribution < -0.4 is 0 Å². The summed E-state index contributed by atoms with van der Waals surface area (Å²) in [4.78, 5) is 8.37. The maximum atomic E-state index is 12.7. The molecule has 0 fully saturated rings. The molecule has 0 aliphatic carbocycles. The van der Waals surface area contributed by atoms with E-state index in [1.54, 1.807) is 6.92 Å². The number of hydrogen-bond acceptors (Lipinski definition) is 2. The van der Waals surface area contributed by atoms with Crippen LogP contribution >= 0.6 is 69.6 Å². The van der Waals surface area contributed by atoms with E-state index in [9.17, 15) is 13.2 Å². The molecule has 2 nitrogen and oxygen atoms in total. The lowest BCUT2D eigenvalue weighted by atomic mass is 10.1. The first-order chi connectivity index (χ1) is 11.7. The van der Waals surface area contributed by atoms with Crippen molar-refractivity contribution in [2.45, 2.75) is 27.1 Å². The highest BCUT2D eigenvalue weighted by Gasteiger charge is 2.36. The third-order valence-electron chi connectivity index (χ3n) is 3.37. The van der Waals surface area contributed by atoms with Crippen molar-refractivity contribution in [3.63, 3.8) is 0 Å². The van der Waals surface area contributed by atoms with E-state index in [1.807, 2.05) is 0 Å². The Morgan fingerprint density at radius 3 is 1.54 bits per heavy atom. The number of nitrogens with zero attached hydrogens (tertiary/aromatic N) is 2. The van der Waals surface area contributed by atoms with E-state index >= 15 is 0 Å². The van der Waals surface area contributed by atoms with E-state index < -0.39 is 19.3 Å². The first kappa shape index (κ1) is 22.1. The number of halogens is 9. The first-order valence-electron chi connectivity index (χ1n) is 6.98. The van der Waals surface area contributed by atoms with Crippen molar-refractivity contribution in [1.29, 1.82) is 0 Å². The molecule has 0 atom stereocenters. The molecule has 0 aliphatic rings. The van der Waals surface area contributed by atoms with Gasteiger partial charge in [-0.1, -0.05) is 88.7 Å². The Kier molecular flexibility index (Phi) is 6.54. The summed E-state index contributed by atoms with van der Waals surface area (Å²) < 4.78 is 34.3. The third-order valence-corrected chi connectivity index (χ3v) is 4.44. The van der Waals surface area contributed by atoms with Crippen LogP contribution in [0.1, 0.15) is 29.4 Å². The SMILES string of the molecule is CCc1c(C(Cl)(Cl)Cl)nc(-c2ccc(C(F)(F)F)cc2)nc1C(Cl)(Cl)Cl. The molecule has 0 aliphatic heterocycles. The summed E-state index contributed by atoms with van der Waals surface area (Å²) >= 11 is 35.8. The standard InChI is InChI=1S/C15H9Cl6F3N2/c1-2-9-10(13(16,17)18)25-12(26-11(9)14(19,20)21)7-3-5-8(6-4-7)15(22,23)24/h3-6H,2H2,1H3. The molecule has 0 amide bonds. The van der Waals surface area contributed by atoms with Crippen LogP contribution in [-0.4, -0.2) is 9.97 Å². The monoisotopic (exact) mass is 484 g/mol. The molecule has 0 radical (unpaired) electrons. The van der Waals surface area contributed by atoms with Crippen molar-refractivity contribution >= 4 is 69.6 Å². The Morgan fingerprint density at radius 2 is 1.23 bits per heavy atom. The maximum Gasteiger partial charge on any atom is 0.416 e. The van der Waals surface area contributed by atoms with Crippen molar-refractivity contribution in [3.05, 3.63) is 46.8 Å². The van der Waals surface area contributed by atoms with Crippen molar-refractivity contribution in [2.24, 2.45) is 0 Å². The second-order valence-corrected chi connectivity index (χ2v) is 9.71. The van der Waals surface area contributed by atoms with Crippen LogP contribution in [-0.2, 0) is 20.2 Å². The van der Waals surface area contributed by atoms with Gasteiger partial charge in [-0.05, 0) is 18.6 Å². The lowest BCUT2D eigenvalue weighted by Crippen LogP contribution is -2.18. The van der Waals surface area contributed by atoms with Crippen LogP contribution in [0.25, 0.3) is 11.4 Å². The second kappa shape index (κ2) is 7.69. The highest BCUT2D eigenvalue weighted by Crippen LogP contribution is 2.46. The van der Waals surface area contributed by atoms with Crippen LogP contribution in [0.4, 0.5) is 13.2 Å². The topological polar surface area (TPSA) is 25.8 Å². The zero-order valence-electron chi connectivity index (χ0n) is 12.8. The fourth-order valence-electron chi connectivity index (χ4n) is 2.23. The van der Waals surface area contributed by atoms with Gasteiger partial charge in [-0.15, -0.1) is 0 Å². The molecule has 2 aromatic rings. The lowest BCUT2D eigenvalue weighted by Gasteiger charge is -2.22. The molecular formula is C15H9Cl6F3N2. The van der Waals surface area contributed by atoms with Gasteiger partial charge in [0, 0.05) is 11.1 Å². The number of rotatable bonds is 2. The number of alkyl halides is 9. The minimum absolute atomic E-state index is 0.00350. The van der Waals surface area contributed by atoms with E-state index in [4.69, 9.17) is 69.6 Å². The summed E-state index contributed by atoms with van der Waals surface area (Å²) in [6, 6.07) is 4.15. The maximum absolute atomic E-state index is 12.7. The minimum Gasteiger partial charge on any atom is -0.228 e. The molecule has 1 heterocycles. The molecule has 142 valence electrons. The van der Waals surface area contributed by atoms with E-state index in [-0.39, 0.29) is 22.8 Å². The minimum atomic E-state index is -4.48. The Balaban J connectivity index is 2.70. The molecule has 11 heteroatoms. The highest BCUT2D eigenvalue weighted by atomic mass is 35.6. The van der Waals surface area contributed by atoms with Gasteiger partial charge in [0.2, 0.25) is 7.59 Å². The highest BCUT2D eigenvalue weighted by molar-refractivity contribution is 6.67. The van der Waals surface area contributed by atoms with Gasteiger partial charge in [-0.2, -0.15) is 13.2 Å². The summed E-state index contributed by atoms with van der Waals surface area (Å²) in [5, 5.41) is 0. The van der Waals surface area contributed by atoms with Crippen LogP contribution in [0.5, 0.6) is 0 Å². The predicted molar refractivity (Wildman–Crippen MR) is 100 cm³/mol. The number of hydrogen-bond donors (Lipinski definition) is 0. The Bertz CT molecular complexity index is 760. The van der Waals surface area contributed by atoms with Crippen LogP contribution in [0.15, 0.2) is 24.3 Å². The summed E-state index contributed by atoms with van der Waals surface area (Å²) in [6.07, 6.45) is -4.17. The molecule has 26 heavy (non-hydrogen) atoms. The fraction of sp³-hybridized carbons (Fsp3) is 0.333. The summed E-state index contributed by atoms with van der Waals surface area (Å²) in [5.41, 5.74) is -0.255. The summed E-state index contributed by atoms with van der Waals surface area (Å²) in [6.45, 7) is 1.73. The lowest BCUT2D eigenvalue weighted by molar-refractivity contribution is -0.137. The molecule has 0 saturated heterocycles. The Labute approximate surface area is 177 Å². The number of benzene rings is 1. The van der Waals surface area contributed by atoms with Crippen molar-refractivity contribution < 1.29 is 13.2 Å². The van der Waals surface area contributed by atoms with E-state index in [0.717, 1.165) is 12.1 Å². The zero-order valence-corrected chi connectivity index (χ0v) is 17.3. The first-order valence-corrected chi connectivity index (χ1v) is 9.25. The molecule has 0 unspecified atom stereocenters. The van der Waals surface area contributed by atoms with Crippen LogP contribution in [0.2, 0.25) is 0 Å². The van der Waals surface area contributed by atoms with Crippen molar-refractivity contribution in [1.82, 2.24) is 9.97 Å². The molecule has 2 rings (SSSR count). The van der Waals surface area contributed by atoms with E-state index in [2.05, 4.69) is 9.97 Å². The van der Waals surface area contributed by atoms with Gasteiger partial charge in [0.15, 0.2) is 5.82 Å². The van der Waals surface area contributed by atoms with E-state index in [0.29, 0.717) is 12.0 Å². The van der Waals surface area contributed by atoms with Crippen LogP contribution in [0.3, 0.4) is 0 Å². The molecule has 0 spiro atoms. The van der Waals surface area contributed by atoms with Gasteiger partial charge in [-0.3, -0.25) is 0 Å². The van der Waals surface area contributed by atoms with Gasteiger partial charge in [0.25, 0.3) is 0 Å². The van der Waals surface area contributed by atoms with Gasteiger partial charge >= 0.3 is 6.18 Å². The van der Waals surface area contributed by atoms with Gasteiger partial charge in [0.1, 0.15) is 0 Å². The third kappa shape index (κ3) is 5.00. The van der Waals surface area contributed by atoms with Gasteiger partial charge in [0.05, 0.1) is 17.0 Å². The van der Waals surface area contributed by atoms with E-state index in [1.165, 1.54) is 12.1 Å². The normalized spacial score (nSPS) is 13.2. The second-order valence-electron chi connectivity index (χ2n) is 5.15. The smallest absolute Gasteiger partial charge is 0.228 e. The van der Waals surface area contributed by atoms with Crippen molar-refractivity contribution in [2.75, 3.05) is 0 Å². The van der Waals surface area contributed by atoms with Gasteiger partial charge < -0.3 is 0 Å². The molecule has 0 saturated carbocycles. The molecular weight excluding hydrogens is 478 g/mol. The molecule has 1 aromatic carbocycles. The Hall–Kier alpha value is -0.170. The zero-order chi connectivity index (χ0) is 19.9. The fourth-order valence-corrected chi connectivity index (χ4v) is 3.16. The molecule has 0 N–H and O–H groups in total. The summed E-state index contributed by atoms with van der Waals surface area (Å²) in [7, 11) is 0.